The minimum absolute atomic E-state index is 0.0303. The average Bonchev–Trinajstić information content (AvgIpc) is 3.35. The van der Waals surface area contributed by atoms with E-state index in [0.29, 0.717) is 17.9 Å². The molecular formula is C21H26N2O6S. The lowest BCUT2D eigenvalue weighted by Gasteiger charge is -2.50. The number of hydrogen-bond acceptors (Lipinski definition) is 6. The van der Waals surface area contributed by atoms with Gasteiger partial charge in [0.25, 0.3) is 0 Å². The van der Waals surface area contributed by atoms with Crippen molar-refractivity contribution in [2.75, 3.05) is 12.4 Å². The van der Waals surface area contributed by atoms with Crippen molar-refractivity contribution in [3.05, 3.63) is 42.1 Å². The number of hydrogen-bond donors (Lipinski definition) is 4. The maximum atomic E-state index is 12.9. The summed E-state index contributed by atoms with van der Waals surface area (Å²) in [6.07, 6.45) is 7.77. The van der Waals surface area contributed by atoms with Crippen LogP contribution in [-0.4, -0.2) is 42.2 Å². The van der Waals surface area contributed by atoms with Gasteiger partial charge in [-0.05, 0) is 43.0 Å². The smallest absolute Gasteiger partial charge is 0.394 e. The number of esters is 1. The Hall–Kier alpha value is -2.10. The molecule has 0 saturated heterocycles. The Bertz CT molecular complexity index is 1050. The molecule has 3 aliphatic carbocycles. The third kappa shape index (κ3) is 2.13. The summed E-state index contributed by atoms with van der Waals surface area (Å²) in [5.74, 6) is 0.828. The first kappa shape index (κ1) is 19.8. The lowest BCUT2D eigenvalue weighted by Crippen LogP contribution is -2.61. The fourth-order valence-corrected chi connectivity index (χ4v) is 8.13. The first-order chi connectivity index (χ1) is 14.1. The fourth-order valence-electron chi connectivity index (χ4n) is 8.13. The van der Waals surface area contributed by atoms with E-state index in [1.54, 1.807) is 0 Å². The van der Waals surface area contributed by atoms with Gasteiger partial charge in [-0.1, -0.05) is 31.2 Å². The van der Waals surface area contributed by atoms with Crippen molar-refractivity contribution in [1.82, 2.24) is 5.32 Å². The highest BCUT2D eigenvalue weighted by Crippen LogP contribution is 2.81. The molecule has 4 N–H and O–H groups in total. The molecule has 3 spiro atoms. The van der Waals surface area contributed by atoms with Gasteiger partial charge in [-0.3, -0.25) is 13.9 Å². The van der Waals surface area contributed by atoms with E-state index in [4.69, 9.17) is 22.3 Å². The third-order valence-corrected chi connectivity index (χ3v) is 8.64. The predicted molar refractivity (Wildman–Crippen MR) is 109 cm³/mol. The van der Waals surface area contributed by atoms with Crippen LogP contribution in [0.2, 0.25) is 0 Å². The van der Waals surface area contributed by atoms with Crippen LogP contribution in [0.3, 0.4) is 0 Å². The highest BCUT2D eigenvalue weighted by molar-refractivity contribution is 7.79. The molecule has 5 aliphatic rings. The van der Waals surface area contributed by atoms with Crippen LogP contribution < -0.4 is 10.6 Å². The highest BCUT2D eigenvalue weighted by atomic mass is 32.3. The molecule has 0 aromatic heterocycles. The molecule has 30 heavy (non-hydrogen) atoms. The minimum atomic E-state index is -4.67. The fraction of sp³-hybridized carbons (Fsp3) is 0.571. The maximum absolute atomic E-state index is 12.9. The number of methoxy groups -OCH3 is 1. The van der Waals surface area contributed by atoms with Gasteiger partial charge in [-0.25, -0.2) is 0 Å². The summed E-state index contributed by atoms with van der Waals surface area (Å²) in [6, 6.07) is 9.27. The van der Waals surface area contributed by atoms with E-state index in [0.717, 1.165) is 12.8 Å². The number of carbonyl (C=O) groups excluding carboxylic acids is 1. The van der Waals surface area contributed by atoms with Crippen molar-refractivity contribution >= 4 is 22.1 Å². The lowest BCUT2D eigenvalue weighted by atomic mass is 9.55. The Morgan fingerprint density at radius 2 is 1.97 bits per heavy atom. The summed E-state index contributed by atoms with van der Waals surface area (Å²) in [5.41, 5.74) is 2.56. The SMILES string of the molecule is COC(=O)C1CC23C=CNC4CCC5(c6ccccc6NC15C2C)C43.O=S(=O)(O)O. The van der Waals surface area contributed by atoms with Gasteiger partial charge in [0.1, 0.15) is 0 Å². The van der Waals surface area contributed by atoms with Gasteiger partial charge >= 0.3 is 16.4 Å². The predicted octanol–water partition coefficient (Wildman–Crippen LogP) is 2.16. The molecule has 3 saturated carbocycles. The number of rotatable bonds is 1. The van der Waals surface area contributed by atoms with Crippen molar-refractivity contribution in [3.8, 4) is 0 Å². The van der Waals surface area contributed by atoms with Crippen LogP contribution in [0.15, 0.2) is 36.5 Å². The summed E-state index contributed by atoms with van der Waals surface area (Å²) in [7, 11) is -3.13. The Labute approximate surface area is 175 Å². The van der Waals surface area contributed by atoms with Gasteiger partial charge in [0.05, 0.1) is 18.6 Å². The Kier molecular flexibility index (Phi) is 3.96. The number of allylic oxidation sites excluding steroid dienone is 1. The van der Waals surface area contributed by atoms with E-state index in [9.17, 15) is 4.79 Å². The normalized spacial score (nSPS) is 43.5. The second-order valence-electron chi connectivity index (χ2n) is 9.20. The van der Waals surface area contributed by atoms with Crippen LogP contribution in [0.1, 0.15) is 31.7 Å². The molecule has 2 aliphatic heterocycles. The molecule has 1 aromatic rings. The first-order valence-electron chi connectivity index (χ1n) is 10.2. The molecule has 8 nitrogen and oxygen atoms in total. The van der Waals surface area contributed by atoms with Gasteiger partial charge < -0.3 is 15.4 Å². The number of nitrogens with one attached hydrogen (secondary N) is 2. The topological polar surface area (TPSA) is 125 Å². The monoisotopic (exact) mass is 434 g/mol. The number of para-hydroxylation sites is 1. The number of carbonyl (C=O) groups is 1. The average molecular weight is 435 g/mol. The molecule has 9 heteroatoms. The zero-order valence-electron chi connectivity index (χ0n) is 16.8. The second-order valence-corrected chi connectivity index (χ2v) is 10.1. The molecule has 0 amide bonds. The summed E-state index contributed by atoms with van der Waals surface area (Å²) >= 11 is 0. The first-order valence-corrected chi connectivity index (χ1v) is 11.6. The zero-order chi connectivity index (χ0) is 21.5. The van der Waals surface area contributed by atoms with E-state index in [1.165, 1.54) is 24.8 Å². The van der Waals surface area contributed by atoms with Crippen LogP contribution >= 0.6 is 0 Å². The maximum Gasteiger partial charge on any atom is 0.394 e. The van der Waals surface area contributed by atoms with Gasteiger partial charge in [-0.15, -0.1) is 0 Å². The summed E-state index contributed by atoms with van der Waals surface area (Å²) in [5, 5.41) is 7.57. The Balaban J connectivity index is 0.000000349. The molecule has 1 aromatic carbocycles. The summed E-state index contributed by atoms with van der Waals surface area (Å²) in [4.78, 5) is 12.9. The van der Waals surface area contributed by atoms with Crippen LogP contribution in [-0.2, 0) is 25.3 Å². The van der Waals surface area contributed by atoms with Gasteiger partial charge in [0, 0.05) is 28.5 Å². The number of anilines is 1. The van der Waals surface area contributed by atoms with Crippen molar-refractivity contribution < 1.29 is 27.1 Å². The van der Waals surface area contributed by atoms with Crippen molar-refractivity contribution in [3.63, 3.8) is 0 Å². The summed E-state index contributed by atoms with van der Waals surface area (Å²) < 4.78 is 36.9. The van der Waals surface area contributed by atoms with Crippen LogP contribution in [0, 0.1) is 23.2 Å². The van der Waals surface area contributed by atoms with Crippen LogP contribution in [0.5, 0.6) is 0 Å². The zero-order valence-corrected chi connectivity index (χ0v) is 17.6. The largest absolute Gasteiger partial charge is 0.469 e. The molecule has 7 atom stereocenters. The number of benzene rings is 1. The molecule has 0 radical (unpaired) electrons. The minimum Gasteiger partial charge on any atom is -0.469 e. The van der Waals surface area contributed by atoms with Gasteiger partial charge in [0.15, 0.2) is 0 Å². The van der Waals surface area contributed by atoms with Crippen LogP contribution in [0.4, 0.5) is 5.69 Å². The van der Waals surface area contributed by atoms with Crippen molar-refractivity contribution in [1.29, 1.82) is 0 Å². The summed E-state index contributed by atoms with van der Waals surface area (Å²) in [6.45, 7) is 2.37. The molecule has 2 heterocycles. The molecule has 7 unspecified atom stereocenters. The molecule has 6 rings (SSSR count). The molecular weight excluding hydrogens is 408 g/mol. The molecule has 162 valence electrons. The molecule has 3 fully saturated rings. The quantitative estimate of drug-likeness (QED) is 0.391. The number of ether oxygens (including phenoxy) is 1. The Morgan fingerprint density at radius 3 is 2.67 bits per heavy atom. The molecule has 2 bridgehead atoms. The van der Waals surface area contributed by atoms with E-state index >= 15 is 0 Å². The van der Waals surface area contributed by atoms with E-state index in [-0.39, 0.29) is 28.3 Å². The van der Waals surface area contributed by atoms with Crippen molar-refractivity contribution in [2.45, 2.75) is 43.2 Å². The van der Waals surface area contributed by atoms with E-state index in [2.05, 4.69) is 54.1 Å². The standard InChI is InChI=1S/C21H24N2O2.H2O4S/c1-12-19-9-10-22-16-7-8-20(17(16)19)13-5-3-4-6-15(13)23-21(12,20)14(11-19)18(24)25-2;1-5(2,3)4/h3-6,9-10,12,14,16-17,22-23H,7-8,11H2,1-2H3;(H2,1,2,3,4). The number of fused-ring (bicyclic) bond motifs is 1. The van der Waals surface area contributed by atoms with E-state index < -0.39 is 10.4 Å². The highest BCUT2D eigenvalue weighted by Gasteiger charge is 2.85. The van der Waals surface area contributed by atoms with Gasteiger partial charge in [-0.2, -0.15) is 8.42 Å². The second kappa shape index (κ2) is 5.99. The lowest BCUT2D eigenvalue weighted by molar-refractivity contribution is -0.149. The Morgan fingerprint density at radius 1 is 1.27 bits per heavy atom. The van der Waals surface area contributed by atoms with E-state index in [1.807, 2.05) is 0 Å². The van der Waals surface area contributed by atoms with Crippen molar-refractivity contribution in [2.24, 2.45) is 23.2 Å². The third-order valence-electron chi connectivity index (χ3n) is 8.64. The van der Waals surface area contributed by atoms with Crippen LogP contribution in [0.25, 0.3) is 0 Å². The van der Waals surface area contributed by atoms with Gasteiger partial charge in [0.2, 0.25) is 0 Å².